The van der Waals surface area contributed by atoms with E-state index in [-0.39, 0.29) is 17.6 Å². The van der Waals surface area contributed by atoms with Crippen molar-refractivity contribution in [3.63, 3.8) is 0 Å². The lowest BCUT2D eigenvalue weighted by atomic mass is 9.75. The molecule has 2 aliphatic rings. The van der Waals surface area contributed by atoms with Gasteiger partial charge in [0.15, 0.2) is 5.78 Å². The fraction of sp³-hybridized carbons (Fsp3) is 0.917. The second-order valence-corrected chi connectivity index (χ2v) is 4.87. The number of aliphatic hydroxyl groups excluding tert-OH is 1. The molecule has 0 saturated heterocycles. The van der Waals surface area contributed by atoms with Gasteiger partial charge in [-0.2, -0.15) is 0 Å². The number of ketones is 1. The number of hydrogen-bond acceptors (Lipinski definition) is 2. The molecule has 2 nitrogen and oxygen atoms in total. The Labute approximate surface area is 85.7 Å². The maximum Gasteiger partial charge on any atom is 0.164 e. The third-order valence-corrected chi connectivity index (χ3v) is 3.90. The topological polar surface area (TPSA) is 37.3 Å². The first-order chi connectivity index (χ1) is 6.79. The molecule has 0 bridgehead atoms. The zero-order valence-corrected chi connectivity index (χ0v) is 8.74. The number of rotatable bonds is 3. The average molecular weight is 196 g/mol. The molecule has 0 amide bonds. The zero-order valence-electron chi connectivity index (χ0n) is 8.74. The van der Waals surface area contributed by atoms with Crippen molar-refractivity contribution in [2.24, 2.45) is 11.8 Å². The maximum absolute atomic E-state index is 11.8. The third-order valence-electron chi connectivity index (χ3n) is 3.90. The Morgan fingerprint density at radius 2 is 1.64 bits per heavy atom. The van der Waals surface area contributed by atoms with Crippen LogP contribution in [0.15, 0.2) is 0 Å². The molecule has 0 heterocycles. The summed E-state index contributed by atoms with van der Waals surface area (Å²) in [6.07, 6.45) is 8.35. The van der Waals surface area contributed by atoms with Crippen LogP contribution in [0.3, 0.4) is 0 Å². The van der Waals surface area contributed by atoms with Gasteiger partial charge in [0.05, 0.1) is 0 Å². The van der Waals surface area contributed by atoms with E-state index in [1.165, 1.54) is 25.7 Å². The van der Waals surface area contributed by atoms with Crippen LogP contribution in [0, 0.1) is 11.8 Å². The highest BCUT2D eigenvalue weighted by atomic mass is 16.3. The Morgan fingerprint density at radius 1 is 1.00 bits per heavy atom. The van der Waals surface area contributed by atoms with Crippen molar-refractivity contribution in [3.05, 3.63) is 0 Å². The Bertz CT molecular complexity index is 202. The first-order valence-electron chi connectivity index (χ1n) is 6.01. The lowest BCUT2D eigenvalue weighted by molar-refractivity contribution is -0.137. The molecule has 0 aromatic carbocycles. The maximum atomic E-state index is 11.8. The zero-order chi connectivity index (χ0) is 9.97. The molecule has 1 N–H and O–H groups in total. The molecule has 1 atom stereocenters. The van der Waals surface area contributed by atoms with Gasteiger partial charge in [-0.05, 0) is 31.6 Å². The summed E-state index contributed by atoms with van der Waals surface area (Å²) in [4.78, 5) is 11.8. The number of Topliss-reactive ketones (excluding diaryl/α,β-unsaturated/α-hetero) is 1. The van der Waals surface area contributed by atoms with Gasteiger partial charge >= 0.3 is 0 Å². The van der Waals surface area contributed by atoms with E-state index in [0.29, 0.717) is 0 Å². The molecule has 2 rings (SSSR count). The normalized spacial score (nSPS) is 26.9. The molecule has 0 radical (unpaired) electrons. The Morgan fingerprint density at radius 3 is 2.14 bits per heavy atom. The molecule has 14 heavy (non-hydrogen) atoms. The summed E-state index contributed by atoms with van der Waals surface area (Å²) in [7, 11) is 0. The van der Waals surface area contributed by atoms with Gasteiger partial charge in [-0.15, -0.1) is 0 Å². The van der Waals surface area contributed by atoms with E-state index < -0.39 is 6.10 Å². The molecule has 2 aliphatic carbocycles. The van der Waals surface area contributed by atoms with E-state index >= 15 is 0 Å². The second kappa shape index (κ2) is 4.43. The average Bonchev–Trinajstić information content (AvgIpc) is 2.15. The van der Waals surface area contributed by atoms with Crippen molar-refractivity contribution in [2.75, 3.05) is 0 Å². The second-order valence-electron chi connectivity index (χ2n) is 4.87. The van der Waals surface area contributed by atoms with Gasteiger partial charge in [0, 0.05) is 5.92 Å². The van der Waals surface area contributed by atoms with Gasteiger partial charge in [-0.25, -0.2) is 0 Å². The summed E-state index contributed by atoms with van der Waals surface area (Å²) in [6, 6.07) is 0. The molecule has 0 aromatic rings. The molecule has 2 heteroatoms. The minimum atomic E-state index is -0.638. The highest BCUT2D eigenvalue weighted by Gasteiger charge is 2.34. The fourth-order valence-electron chi connectivity index (χ4n) is 2.62. The van der Waals surface area contributed by atoms with Gasteiger partial charge in [-0.3, -0.25) is 4.79 Å². The van der Waals surface area contributed by atoms with Crippen LogP contribution in [-0.2, 0) is 4.79 Å². The largest absolute Gasteiger partial charge is 0.385 e. The Balaban J connectivity index is 1.85. The van der Waals surface area contributed by atoms with Crippen molar-refractivity contribution < 1.29 is 9.90 Å². The first kappa shape index (κ1) is 10.2. The van der Waals surface area contributed by atoms with Gasteiger partial charge in [0.25, 0.3) is 0 Å². The van der Waals surface area contributed by atoms with Crippen LogP contribution in [0.25, 0.3) is 0 Å². The van der Waals surface area contributed by atoms with Crippen LogP contribution < -0.4 is 0 Å². The van der Waals surface area contributed by atoms with E-state index in [0.717, 1.165) is 25.7 Å². The van der Waals surface area contributed by atoms with Crippen molar-refractivity contribution in [2.45, 2.75) is 57.5 Å². The minimum absolute atomic E-state index is 0.142. The summed E-state index contributed by atoms with van der Waals surface area (Å²) in [5.74, 6) is 0.618. The van der Waals surface area contributed by atoms with Crippen molar-refractivity contribution in [1.29, 1.82) is 0 Å². The molecule has 1 unspecified atom stereocenters. The van der Waals surface area contributed by atoms with Gasteiger partial charge in [0.1, 0.15) is 6.10 Å². The van der Waals surface area contributed by atoms with Crippen molar-refractivity contribution in [3.8, 4) is 0 Å². The number of carbonyl (C=O) groups excluding carboxylic acids is 1. The lowest BCUT2D eigenvalue weighted by Crippen LogP contribution is -2.38. The van der Waals surface area contributed by atoms with Crippen LogP contribution >= 0.6 is 0 Å². The van der Waals surface area contributed by atoms with Gasteiger partial charge in [-0.1, -0.05) is 25.7 Å². The number of hydrogen-bond donors (Lipinski definition) is 1. The van der Waals surface area contributed by atoms with Gasteiger partial charge in [0.2, 0.25) is 0 Å². The van der Waals surface area contributed by atoms with Gasteiger partial charge < -0.3 is 5.11 Å². The molecule has 2 fully saturated rings. The standard InChI is InChI=1S/C12H20O2/c13-11(9-5-2-1-3-6-9)12(14)10-7-4-8-10/h9-11,13H,1-8H2. The predicted octanol–water partition coefficient (Wildman–Crippen LogP) is 2.30. The molecular weight excluding hydrogens is 176 g/mol. The fourth-order valence-corrected chi connectivity index (χ4v) is 2.62. The third kappa shape index (κ3) is 2.00. The van der Waals surface area contributed by atoms with Crippen LogP contribution in [0.1, 0.15) is 51.4 Å². The summed E-state index contributed by atoms with van der Waals surface area (Å²) in [6.45, 7) is 0. The van der Waals surface area contributed by atoms with Crippen LogP contribution in [0.4, 0.5) is 0 Å². The van der Waals surface area contributed by atoms with E-state index in [4.69, 9.17) is 0 Å². The molecular formula is C12H20O2. The quantitative estimate of drug-likeness (QED) is 0.752. The van der Waals surface area contributed by atoms with Crippen LogP contribution in [-0.4, -0.2) is 17.0 Å². The monoisotopic (exact) mass is 196 g/mol. The van der Waals surface area contributed by atoms with E-state index in [9.17, 15) is 9.90 Å². The molecule has 0 spiro atoms. The van der Waals surface area contributed by atoms with Crippen LogP contribution in [0.2, 0.25) is 0 Å². The van der Waals surface area contributed by atoms with E-state index in [1.54, 1.807) is 0 Å². The molecule has 0 aromatic heterocycles. The van der Waals surface area contributed by atoms with E-state index in [1.807, 2.05) is 0 Å². The first-order valence-corrected chi connectivity index (χ1v) is 6.01. The van der Waals surface area contributed by atoms with E-state index in [2.05, 4.69) is 0 Å². The van der Waals surface area contributed by atoms with Crippen molar-refractivity contribution >= 4 is 5.78 Å². The summed E-state index contributed by atoms with van der Waals surface area (Å²) < 4.78 is 0. The number of carbonyl (C=O) groups is 1. The highest BCUT2D eigenvalue weighted by Crippen LogP contribution is 2.33. The summed E-state index contributed by atoms with van der Waals surface area (Å²) >= 11 is 0. The smallest absolute Gasteiger partial charge is 0.164 e. The number of aliphatic hydroxyl groups is 1. The van der Waals surface area contributed by atoms with Crippen molar-refractivity contribution in [1.82, 2.24) is 0 Å². The Kier molecular flexibility index (Phi) is 3.22. The van der Waals surface area contributed by atoms with Crippen LogP contribution in [0.5, 0.6) is 0 Å². The molecule has 80 valence electrons. The minimum Gasteiger partial charge on any atom is -0.385 e. The summed E-state index contributed by atoms with van der Waals surface area (Å²) in [5, 5.41) is 9.93. The SMILES string of the molecule is O=C(C1CCC1)C(O)C1CCCCC1. The highest BCUT2D eigenvalue weighted by molar-refractivity contribution is 5.86. The Hall–Kier alpha value is -0.370. The predicted molar refractivity (Wildman–Crippen MR) is 54.9 cm³/mol. The lowest BCUT2D eigenvalue weighted by Gasteiger charge is -2.31. The summed E-state index contributed by atoms with van der Waals surface area (Å²) in [5.41, 5.74) is 0. The molecule has 2 saturated carbocycles. The molecule has 0 aliphatic heterocycles.